The zero-order valence-corrected chi connectivity index (χ0v) is 17.8. The fourth-order valence-electron chi connectivity index (χ4n) is 3.68. The highest BCUT2D eigenvalue weighted by Crippen LogP contribution is 2.44. The summed E-state index contributed by atoms with van der Waals surface area (Å²) in [7, 11) is -3.57. The van der Waals surface area contributed by atoms with E-state index in [1.807, 2.05) is 30.3 Å². The molecule has 1 aromatic heterocycles. The first kappa shape index (κ1) is 19.6. The lowest BCUT2D eigenvalue weighted by molar-refractivity contribution is -0.116. The molecule has 148 valence electrons. The van der Waals surface area contributed by atoms with Crippen LogP contribution in [0.15, 0.2) is 47.2 Å². The van der Waals surface area contributed by atoms with Gasteiger partial charge >= 0.3 is 0 Å². The highest BCUT2D eigenvalue weighted by molar-refractivity contribution is 8.00. The van der Waals surface area contributed by atoms with E-state index in [1.54, 1.807) is 23.0 Å². The number of hydrogen-bond acceptors (Lipinski definition) is 6. The van der Waals surface area contributed by atoms with E-state index in [9.17, 15) is 13.2 Å². The van der Waals surface area contributed by atoms with E-state index in [4.69, 9.17) is 0 Å². The quantitative estimate of drug-likeness (QED) is 0.731. The van der Waals surface area contributed by atoms with Crippen LogP contribution >= 0.6 is 23.1 Å². The van der Waals surface area contributed by atoms with Gasteiger partial charge in [0.2, 0.25) is 5.91 Å². The molecule has 9 heteroatoms. The molecule has 2 aliphatic rings. The number of nitrogens with zero attached hydrogens (tertiary/aromatic N) is 2. The van der Waals surface area contributed by atoms with Crippen molar-refractivity contribution in [2.45, 2.75) is 28.2 Å². The molecule has 4 rings (SSSR count). The number of rotatable bonds is 5. The Hall–Kier alpha value is -1.68. The van der Waals surface area contributed by atoms with Crippen LogP contribution in [0.2, 0.25) is 0 Å². The van der Waals surface area contributed by atoms with Crippen LogP contribution in [0.5, 0.6) is 0 Å². The molecule has 0 aliphatic carbocycles. The number of aromatic nitrogens is 1. The summed E-state index contributed by atoms with van der Waals surface area (Å²) in [5.41, 5.74) is 1.47. The monoisotopic (exact) mass is 435 g/mol. The number of fused-ring (bicyclic) bond motifs is 1. The summed E-state index contributed by atoms with van der Waals surface area (Å²) >= 11 is 2.88. The summed E-state index contributed by atoms with van der Waals surface area (Å²) in [6.45, 7) is 6.18. The molecule has 2 saturated heterocycles. The third-order valence-electron chi connectivity index (χ3n) is 5.04. The Kier molecular flexibility index (Phi) is 5.34. The van der Waals surface area contributed by atoms with E-state index in [0.29, 0.717) is 23.0 Å². The third-order valence-corrected chi connectivity index (χ3v) is 10.2. The Morgan fingerprint density at radius 1 is 1.32 bits per heavy atom. The van der Waals surface area contributed by atoms with Crippen molar-refractivity contribution < 1.29 is 13.2 Å². The molecule has 1 aromatic carbocycles. The maximum Gasteiger partial charge on any atom is 0.254 e. The molecule has 1 N–H and O–H groups in total. The number of thioether (sulfide) groups is 1. The van der Waals surface area contributed by atoms with E-state index >= 15 is 0 Å². The standard InChI is InChI=1S/C19H21N3O3S3/c1-3-16(23)21-17-9-14-10-22(11-15(14)26-17)28(24,25)19-12(2)20-18(27-19)13-7-5-4-6-8-13/h3-8,14-15,17H,1,9-11H2,2H3,(H,21,23). The average Bonchev–Trinajstić information content (AvgIpc) is 3.35. The largest absolute Gasteiger partial charge is 0.341 e. The number of amides is 1. The van der Waals surface area contributed by atoms with Crippen molar-refractivity contribution in [1.29, 1.82) is 0 Å². The number of carbonyl (C=O) groups is 1. The van der Waals surface area contributed by atoms with Crippen molar-refractivity contribution in [3.8, 4) is 10.6 Å². The van der Waals surface area contributed by atoms with E-state index in [-0.39, 0.29) is 22.4 Å². The summed E-state index contributed by atoms with van der Waals surface area (Å²) in [5, 5.41) is 3.85. The van der Waals surface area contributed by atoms with Gasteiger partial charge in [0.15, 0.2) is 4.21 Å². The zero-order valence-electron chi connectivity index (χ0n) is 15.4. The Morgan fingerprint density at radius 2 is 2.07 bits per heavy atom. The molecule has 3 unspecified atom stereocenters. The van der Waals surface area contributed by atoms with E-state index in [2.05, 4.69) is 16.9 Å². The molecule has 0 bridgehead atoms. The van der Waals surface area contributed by atoms with Gasteiger partial charge in [-0.05, 0) is 25.3 Å². The number of nitrogens with one attached hydrogen (secondary N) is 1. The van der Waals surface area contributed by atoms with Crippen LogP contribution < -0.4 is 5.32 Å². The van der Waals surface area contributed by atoms with Gasteiger partial charge in [-0.3, -0.25) is 4.79 Å². The van der Waals surface area contributed by atoms with Crippen molar-refractivity contribution in [3.63, 3.8) is 0 Å². The second-order valence-corrected chi connectivity index (χ2v) is 11.5. The molecular weight excluding hydrogens is 414 g/mol. The maximum absolute atomic E-state index is 13.2. The Bertz CT molecular complexity index is 990. The van der Waals surface area contributed by atoms with Gasteiger partial charge in [-0.1, -0.05) is 36.9 Å². The van der Waals surface area contributed by atoms with E-state index in [1.165, 1.54) is 17.4 Å². The third kappa shape index (κ3) is 3.63. The van der Waals surface area contributed by atoms with Crippen LogP contribution in [0.1, 0.15) is 12.1 Å². The number of sulfonamides is 1. The van der Waals surface area contributed by atoms with Crippen LogP contribution in [0.3, 0.4) is 0 Å². The maximum atomic E-state index is 13.2. The summed E-state index contributed by atoms with van der Waals surface area (Å²) in [5.74, 6) is 0.0624. The molecular formula is C19H21N3O3S3. The van der Waals surface area contributed by atoms with Crippen LogP contribution in [-0.4, -0.2) is 47.3 Å². The summed E-state index contributed by atoms with van der Waals surface area (Å²) in [6.07, 6.45) is 2.04. The summed E-state index contributed by atoms with van der Waals surface area (Å²) in [4.78, 5) is 16.0. The predicted molar refractivity (Wildman–Crippen MR) is 113 cm³/mol. The molecule has 0 spiro atoms. The summed E-state index contributed by atoms with van der Waals surface area (Å²) in [6, 6.07) is 9.63. The van der Waals surface area contributed by atoms with Gasteiger partial charge < -0.3 is 5.32 Å². The minimum absolute atomic E-state index is 0.0279. The Balaban J connectivity index is 1.50. The van der Waals surface area contributed by atoms with Gasteiger partial charge in [-0.25, -0.2) is 13.4 Å². The predicted octanol–water partition coefficient (Wildman–Crippen LogP) is 2.87. The molecule has 3 heterocycles. The van der Waals surface area contributed by atoms with Gasteiger partial charge in [0, 0.05) is 23.9 Å². The molecule has 6 nitrogen and oxygen atoms in total. The highest BCUT2D eigenvalue weighted by atomic mass is 32.2. The first-order valence-electron chi connectivity index (χ1n) is 9.00. The van der Waals surface area contributed by atoms with Gasteiger partial charge in [0.05, 0.1) is 11.1 Å². The minimum Gasteiger partial charge on any atom is -0.341 e. The van der Waals surface area contributed by atoms with E-state index in [0.717, 1.165) is 17.0 Å². The van der Waals surface area contributed by atoms with Gasteiger partial charge in [-0.15, -0.1) is 23.1 Å². The Labute approximate surface area is 173 Å². The molecule has 1 amide bonds. The van der Waals surface area contributed by atoms with E-state index < -0.39 is 10.0 Å². The first-order chi connectivity index (χ1) is 13.4. The smallest absolute Gasteiger partial charge is 0.254 e. The zero-order chi connectivity index (χ0) is 19.9. The molecule has 0 radical (unpaired) electrons. The normalized spacial score (nSPS) is 24.8. The highest BCUT2D eigenvalue weighted by Gasteiger charge is 2.46. The molecule has 28 heavy (non-hydrogen) atoms. The van der Waals surface area contributed by atoms with Crippen molar-refractivity contribution >= 4 is 39.0 Å². The molecule has 2 aliphatic heterocycles. The topological polar surface area (TPSA) is 79.4 Å². The van der Waals surface area contributed by atoms with Crippen molar-refractivity contribution in [1.82, 2.24) is 14.6 Å². The fourth-order valence-corrected chi connectivity index (χ4v) is 8.60. The number of thiazole rings is 1. The fraction of sp³-hybridized carbons (Fsp3) is 0.368. The van der Waals surface area contributed by atoms with Crippen LogP contribution in [0.4, 0.5) is 0 Å². The molecule has 2 aromatic rings. The van der Waals surface area contributed by atoms with Crippen molar-refractivity contribution in [3.05, 3.63) is 48.7 Å². The lowest BCUT2D eigenvalue weighted by Gasteiger charge is -2.18. The molecule has 3 atom stereocenters. The SMILES string of the molecule is C=CC(=O)NC1CC2CN(S(=O)(=O)c3sc(-c4ccccc4)nc3C)CC2S1. The van der Waals surface area contributed by atoms with Crippen LogP contribution in [-0.2, 0) is 14.8 Å². The first-order valence-corrected chi connectivity index (χ1v) is 12.2. The lowest BCUT2D eigenvalue weighted by atomic mass is 10.1. The van der Waals surface area contributed by atoms with Crippen LogP contribution in [0.25, 0.3) is 10.6 Å². The Morgan fingerprint density at radius 3 is 2.75 bits per heavy atom. The van der Waals surface area contributed by atoms with Gasteiger partial charge in [0.1, 0.15) is 5.01 Å². The van der Waals surface area contributed by atoms with Gasteiger partial charge in [-0.2, -0.15) is 4.31 Å². The number of carbonyl (C=O) groups excluding carboxylic acids is 1. The molecule has 2 fully saturated rings. The lowest BCUT2D eigenvalue weighted by Crippen LogP contribution is -2.33. The summed E-state index contributed by atoms with van der Waals surface area (Å²) < 4.78 is 28.4. The molecule has 0 saturated carbocycles. The average molecular weight is 436 g/mol. The van der Waals surface area contributed by atoms with Crippen molar-refractivity contribution in [2.24, 2.45) is 5.92 Å². The van der Waals surface area contributed by atoms with Crippen LogP contribution in [0, 0.1) is 12.8 Å². The van der Waals surface area contributed by atoms with Crippen molar-refractivity contribution in [2.75, 3.05) is 13.1 Å². The van der Waals surface area contributed by atoms with Gasteiger partial charge in [0.25, 0.3) is 10.0 Å². The number of aryl methyl sites for hydroxylation is 1. The number of hydrogen-bond donors (Lipinski definition) is 1. The minimum atomic E-state index is -3.57. The second-order valence-electron chi connectivity index (χ2n) is 6.95. The number of benzene rings is 1. The second kappa shape index (κ2) is 7.62.